The third-order valence-electron chi connectivity index (χ3n) is 5.60. The molecule has 2 amide bonds. The van der Waals surface area contributed by atoms with Crippen molar-refractivity contribution in [3.05, 3.63) is 82.9 Å². The Balaban J connectivity index is 1.74. The third-order valence-corrected chi connectivity index (χ3v) is 5.60. The molecule has 6 heteroatoms. The molecular formula is C28H32N2O4. The highest BCUT2D eigenvalue weighted by Crippen LogP contribution is 2.30. The van der Waals surface area contributed by atoms with E-state index in [0.29, 0.717) is 11.4 Å². The van der Waals surface area contributed by atoms with Crippen molar-refractivity contribution in [1.29, 1.82) is 0 Å². The number of aromatic hydroxyl groups is 2. The number of anilines is 2. The van der Waals surface area contributed by atoms with Crippen LogP contribution in [0.25, 0.3) is 0 Å². The lowest BCUT2D eigenvalue weighted by Crippen LogP contribution is -2.16. The summed E-state index contributed by atoms with van der Waals surface area (Å²) in [6.07, 6.45) is 0. The van der Waals surface area contributed by atoms with Crippen molar-refractivity contribution in [2.45, 2.75) is 52.4 Å². The van der Waals surface area contributed by atoms with Gasteiger partial charge in [-0.3, -0.25) is 9.59 Å². The van der Waals surface area contributed by atoms with Crippen LogP contribution in [0.1, 0.15) is 73.4 Å². The van der Waals surface area contributed by atoms with E-state index in [1.807, 2.05) is 53.7 Å². The van der Waals surface area contributed by atoms with Gasteiger partial charge in [-0.1, -0.05) is 59.7 Å². The van der Waals surface area contributed by atoms with E-state index in [2.05, 4.69) is 10.6 Å². The molecule has 6 nitrogen and oxygen atoms in total. The minimum absolute atomic E-state index is 0.0939. The van der Waals surface area contributed by atoms with Crippen LogP contribution in [0.2, 0.25) is 0 Å². The third kappa shape index (κ3) is 5.76. The van der Waals surface area contributed by atoms with Gasteiger partial charge in [0.05, 0.1) is 11.1 Å². The summed E-state index contributed by atoms with van der Waals surface area (Å²) in [5.41, 5.74) is 2.76. The summed E-state index contributed by atoms with van der Waals surface area (Å²) in [5, 5.41) is 26.2. The maximum Gasteiger partial charge on any atom is 0.259 e. The Morgan fingerprint density at radius 1 is 0.618 bits per heavy atom. The van der Waals surface area contributed by atoms with Gasteiger partial charge in [0.15, 0.2) is 0 Å². The quantitative estimate of drug-likeness (QED) is 0.373. The van der Waals surface area contributed by atoms with Gasteiger partial charge in [0.2, 0.25) is 0 Å². The van der Waals surface area contributed by atoms with Crippen LogP contribution in [0.5, 0.6) is 11.5 Å². The van der Waals surface area contributed by atoms with E-state index in [1.165, 1.54) is 0 Å². The Morgan fingerprint density at radius 3 is 1.32 bits per heavy atom. The molecule has 0 saturated carbocycles. The van der Waals surface area contributed by atoms with E-state index in [4.69, 9.17) is 0 Å². The molecule has 0 fully saturated rings. The van der Waals surface area contributed by atoms with E-state index in [9.17, 15) is 19.8 Å². The van der Waals surface area contributed by atoms with Crippen molar-refractivity contribution < 1.29 is 19.8 Å². The molecule has 0 heterocycles. The number of rotatable bonds is 4. The van der Waals surface area contributed by atoms with Crippen LogP contribution in [0, 0.1) is 0 Å². The summed E-state index contributed by atoms with van der Waals surface area (Å²) in [6.45, 7) is 12.2. The number of hydrogen-bond acceptors (Lipinski definition) is 4. The molecule has 0 aromatic heterocycles. The summed E-state index contributed by atoms with van der Waals surface area (Å²) in [7, 11) is 0. The zero-order valence-corrected chi connectivity index (χ0v) is 20.5. The number of carbonyl (C=O) groups is 2. The molecule has 3 aromatic rings. The highest BCUT2D eigenvalue weighted by molar-refractivity contribution is 6.08. The summed E-state index contributed by atoms with van der Waals surface area (Å²) < 4.78 is 0. The highest BCUT2D eigenvalue weighted by Gasteiger charge is 2.20. The van der Waals surface area contributed by atoms with Crippen molar-refractivity contribution in [2.75, 3.05) is 10.6 Å². The normalized spacial score (nSPS) is 11.7. The molecule has 34 heavy (non-hydrogen) atoms. The van der Waals surface area contributed by atoms with Crippen LogP contribution in [-0.4, -0.2) is 22.0 Å². The maximum atomic E-state index is 12.7. The fourth-order valence-corrected chi connectivity index (χ4v) is 3.45. The Labute approximate surface area is 200 Å². The van der Waals surface area contributed by atoms with Gasteiger partial charge in [-0.05, 0) is 64.4 Å². The molecule has 3 rings (SSSR count). The number of benzene rings is 3. The van der Waals surface area contributed by atoms with Crippen molar-refractivity contribution in [1.82, 2.24) is 0 Å². The molecule has 0 aliphatic carbocycles. The lowest BCUT2D eigenvalue weighted by atomic mass is 9.86. The fourth-order valence-electron chi connectivity index (χ4n) is 3.45. The van der Waals surface area contributed by atoms with Gasteiger partial charge in [-0.2, -0.15) is 0 Å². The molecule has 178 valence electrons. The molecule has 0 aliphatic rings. The van der Waals surface area contributed by atoms with Crippen LogP contribution in [0.3, 0.4) is 0 Å². The maximum absolute atomic E-state index is 12.7. The topological polar surface area (TPSA) is 98.7 Å². The molecule has 0 atom stereocenters. The van der Waals surface area contributed by atoms with Gasteiger partial charge in [-0.15, -0.1) is 0 Å². The van der Waals surface area contributed by atoms with E-state index in [0.717, 1.165) is 11.1 Å². The number of phenolic OH excluding ortho intramolecular Hbond substituents is 2. The summed E-state index contributed by atoms with van der Waals surface area (Å²) in [6, 6.07) is 16.7. The molecular weight excluding hydrogens is 428 g/mol. The second-order valence-electron chi connectivity index (χ2n) is 10.5. The minimum atomic E-state index is -0.461. The fraction of sp³-hybridized carbons (Fsp3) is 0.286. The zero-order valence-electron chi connectivity index (χ0n) is 20.5. The van der Waals surface area contributed by atoms with Crippen molar-refractivity contribution in [2.24, 2.45) is 0 Å². The lowest BCUT2D eigenvalue weighted by molar-refractivity contribution is 0.101. The van der Waals surface area contributed by atoms with Gasteiger partial charge in [0, 0.05) is 11.4 Å². The molecule has 0 aliphatic heterocycles. The summed E-state index contributed by atoms with van der Waals surface area (Å²) in [5.74, 6) is -1.11. The average molecular weight is 461 g/mol. The van der Waals surface area contributed by atoms with Gasteiger partial charge < -0.3 is 20.8 Å². The largest absolute Gasteiger partial charge is 0.507 e. The first-order valence-electron chi connectivity index (χ1n) is 11.2. The smallest absolute Gasteiger partial charge is 0.259 e. The standard InChI is InChI=1S/C28H32N2O4/c1-27(2,3)17-10-12-21(23(31)14-17)25(33)29-19-8-7-9-20(16-19)30-26(34)22-13-11-18(15-24(22)32)28(4,5)6/h7-16,31-32H,1-6H3,(H,29,33)(H,30,34). The van der Waals surface area contributed by atoms with Crippen molar-refractivity contribution in [3.8, 4) is 11.5 Å². The molecule has 0 radical (unpaired) electrons. The van der Waals surface area contributed by atoms with E-state index >= 15 is 0 Å². The number of amides is 2. The number of carbonyl (C=O) groups excluding carboxylic acids is 2. The predicted molar refractivity (Wildman–Crippen MR) is 136 cm³/mol. The van der Waals surface area contributed by atoms with Gasteiger partial charge >= 0.3 is 0 Å². The van der Waals surface area contributed by atoms with Crippen LogP contribution in [0.15, 0.2) is 60.7 Å². The van der Waals surface area contributed by atoms with Gasteiger partial charge in [0.25, 0.3) is 11.8 Å². The van der Waals surface area contributed by atoms with Crippen LogP contribution >= 0.6 is 0 Å². The van der Waals surface area contributed by atoms with Gasteiger partial charge in [-0.25, -0.2) is 0 Å². The zero-order chi connectivity index (χ0) is 25.3. The molecule has 4 N–H and O–H groups in total. The lowest BCUT2D eigenvalue weighted by Gasteiger charge is -2.20. The van der Waals surface area contributed by atoms with Crippen LogP contribution in [0.4, 0.5) is 11.4 Å². The molecule has 0 bridgehead atoms. The second kappa shape index (κ2) is 9.21. The first-order valence-corrected chi connectivity index (χ1v) is 11.2. The Kier molecular flexibility index (Phi) is 6.73. The van der Waals surface area contributed by atoms with E-state index < -0.39 is 11.8 Å². The van der Waals surface area contributed by atoms with Crippen molar-refractivity contribution in [3.63, 3.8) is 0 Å². The van der Waals surface area contributed by atoms with E-state index in [-0.39, 0.29) is 33.5 Å². The molecule has 0 unspecified atom stereocenters. The Hall–Kier alpha value is -3.80. The molecule has 0 saturated heterocycles. The first-order chi connectivity index (χ1) is 15.8. The monoisotopic (exact) mass is 460 g/mol. The van der Waals surface area contributed by atoms with Gasteiger partial charge in [0.1, 0.15) is 11.5 Å². The Bertz CT molecular complexity index is 1140. The first kappa shape index (κ1) is 24.8. The Morgan fingerprint density at radius 2 is 1.00 bits per heavy atom. The molecule has 3 aromatic carbocycles. The molecule has 0 spiro atoms. The number of hydrogen-bond donors (Lipinski definition) is 4. The average Bonchev–Trinajstić information content (AvgIpc) is 2.72. The van der Waals surface area contributed by atoms with Crippen LogP contribution in [-0.2, 0) is 10.8 Å². The van der Waals surface area contributed by atoms with Crippen LogP contribution < -0.4 is 10.6 Å². The minimum Gasteiger partial charge on any atom is -0.507 e. The van der Waals surface area contributed by atoms with E-state index in [1.54, 1.807) is 48.5 Å². The summed E-state index contributed by atoms with van der Waals surface area (Å²) in [4.78, 5) is 25.4. The highest BCUT2D eigenvalue weighted by atomic mass is 16.3. The number of nitrogens with one attached hydrogen (secondary N) is 2. The number of phenols is 2. The summed E-state index contributed by atoms with van der Waals surface area (Å²) >= 11 is 0. The predicted octanol–water partition coefficient (Wildman–Crippen LogP) is 6.20. The SMILES string of the molecule is CC(C)(C)c1ccc(C(=O)Nc2cccc(NC(=O)c3ccc(C(C)(C)C)cc3O)c2)c(O)c1. The second-order valence-corrected chi connectivity index (χ2v) is 10.5. The van der Waals surface area contributed by atoms with Crippen molar-refractivity contribution >= 4 is 23.2 Å².